The normalized spacial score (nSPS) is 36.5. The van der Waals surface area contributed by atoms with E-state index < -0.39 is 15.6 Å². The SMILES string of the molecule is CC1CCCCC1(CN)NS(=O)(=O)CC1CCOC1. The van der Waals surface area contributed by atoms with E-state index in [1.165, 1.54) is 6.42 Å². The number of nitrogens with two attached hydrogens (primary N) is 1. The minimum absolute atomic E-state index is 0.131. The van der Waals surface area contributed by atoms with Crippen LogP contribution in [0, 0.1) is 11.8 Å². The summed E-state index contributed by atoms with van der Waals surface area (Å²) in [7, 11) is -3.28. The Hall–Kier alpha value is -0.170. The highest BCUT2D eigenvalue weighted by molar-refractivity contribution is 7.89. The van der Waals surface area contributed by atoms with E-state index in [4.69, 9.17) is 10.5 Å². The fourth-order valence-corrected chi connectivity index (χ4v) is 5.26. The quantitative estimate of drug-likeness (QED) is 0.786. The third-order valence-corrected chi connectivity index (χ3v) is 6.28. The zero-order chi connectivity index (χ0) is 13.9. The Labute approximate surface area is 116 Å². The lowest BCUT2D eigenvalue weighted by atomic mass is 9.74. The highest BCUT2D eigenvalue weighted by Crippen LogP contribution is 2.33. The molecular formula is C13H26N2O3S. The van der Waals surface area contributed by atoms with E-state index >= 15 is 0 Å². The molecule has 2 aliphatic rings. The van der Waals surface area contributed by atoms with E-state index in [0.29, 0.717) is 25.7 Å². The number of rotatable bonds is 5. The molecule has 3 atom stereocenters. The van der Waals surface area contributed by atoms with Crippen molar-refractivity contribution in [2.75, 3.05) is 25.5 Å². The highest BCUT2D eigenvalue weighted by Gasteiger charge is 2.40. The van der Waals surface area contributed by atoms with Crippen molar-refractivity contribution in [3.8, 4) is 0 Å². The Balaban J connectivity index is 2.03. The van der Waals surface area contributed by atoms with Gasteiger partial charge in [0.15, 0.2) is 0 Å². The number of nitrogens with one attached hydrogen (secondary N) is 1. The molecule has 112 valence electrons. The number of ether oxygens (including phenoxy) is 1. The zero-order valence-electron chi connectivity index (χ0n) is 11.7. The molecule has 3 unspecified atom stereocenters. The molecule has 0 aromatic carbocycles. The van der Waals surface area contributed by atoms with E-state index in [0.717, 1.165) is 25.7 Å². The minimum atomic E-state index is -3.28. The molecule has 1 saturated heterocycles. The molecule has 0 aromatic rings. The third-order valence-electron chi connectivity index (χ3n) is 4.66. The van der Waals surface area contributed by atoms with Gasteiger partial charge in [-0.15, -0.1) is 0 Å². The summed E-state index contributed by atoms with van der Waals surface area (Å²) in [6, 6.07) is 0. The summed E-state index contributed by atoms with van der Waals surface area (Å²) in [6.45, 7) is 3.73. The zero-order valence-corrected chi connectivity index (χ0v) is 12.5. The van der Waals surface area contributed by atoms with Crippen molar-refractivity contribution in [2.24, 2.45) is 17.6 Å². The molecule has 6 heteroatoms. The van der Waals surface area contributed by atoms with E-state index in [2.05, 4.69) is 11.6 Å². The molecule has 3 N–H and O–H groups in total. The van der Waals surface area contributed by atoms with Gasteiger partial charge in [-0.05, 0) is 31.1 Å². The van der Waals surface area contributed by atoms with Gasteiger partial charge in [0.25, 0.3) is 0 Å². The van der Waals surface area contributed by atoms with Crippen LogP contribution in [-0.2, 0) is 14.8 Å². The molecule has 0 radical (unpaired) electrons. The second kappa shape index (κ2) is 6.08. The summed E-state index contributed by atoms with van der Waals surface area (Å²) < 4.78 is 32.9. The molecule has 1 aliphatic heterocycles. The van der Waals surface area contributed by atoms with Gasteiger partial charge in [0.05, 0.1) is 12.4 Å². The van der Waals surface area contributed by atoms with Crippen molar-refractivity contribution in [1.29, 1.82) is 0 Å². The van der Waals surface area contributed by atoms with Gasteiger partial charge in [0, 0.05) is 18.7 Å². The van der Waals surface area contributed by atoms with E-state index in [9.17, 15) is 8.42 Å². The average molecular weight is 290 g/mol. The lowest BCUT2D eigenvalue weighted by Crippen LogP contribution is -2.59. The molecule has 1 heterocycles. The van der Waals surface area contributed by atoms with Gasteiger partial charge in [-0.2, -0.15) is 0 Å². The number of hydrogen-bond acceptors (Lipinski definition) is 4. The number of sulfonamides is 1. The molecule has 1 aliphatic carbocycles. The topological polar surface area (TPSA) is 81.4 Å². The summed E-state index contributed by atoms with van der Waals surface area (Å²) >= 11 is 0. The van der Waals surface area contributed by atoms with Crippen LogP contribution >= 0.6 is 0 Å². The van der Waals surface area contributed by atoms with Crippen LogP contribution in [0.25, 0.3) is 0 Å². The van der Waals surface area contributed by atoms with Crippen LogP contribution in [0.15, 0.2) is 0 Å². The first-order valence-corrected chi connectivity index (χ1v) is 8.92. The van der Waals surface area contributed by atoms with E-state index in [1.807, 2.05) is 0 Å². The first-order valence-electron chi connectivity index (χ1n) is 7.27. The van der Waals surface area contributed by atoms with E-state index in [-0.39, 0.29) is 11.7 Å². The molecule has 0 aromatic heterocycles. The van der Waals surface area contributed by atoms with Crippen molar-refractivity contribution in [3.05, 3.63) is 0 Å². The van der Waals surface area contributed by atoms with Crippen LogP contribution in [0.1, 0.15) is 39.0 Å². The standard InChI is InChI=1S/C13H26N2O3S/c1-11-4-2-3-6-13(11,10-14)15-19(16,17)9-12-5-7-18-8-12/h11-12,15H,2-10,14H2,1H3. The van der Waals surface area contributed by atoms with Gasteiger partial charge in [-0.1, -0.05) is 19.8 Å². The largest absolute Gasteiger partial charge is 0.381 e. The Bertz CT molecular complexity index is 393. The Morgan fingerprint density at radius 2 is 2.16 bits per heavy atom. The van der Waals surface area contributed by atoms with Crippen LogP contribution < -0.4 is 10.5 Å². The Kier molecular flexibility index (Phi) is 4.87. The molecular weight excluding hydrogens is 264 g/mol. The average Bonchev–Trinajstić information content (AvgIpc) is 2.84. The van der Waals surface area contributed by atoms with Gasteiger partial charge < -0.3 is 10.5 Å². The summed E-state index contributed by atoms with van der Waals surface area (Å²) in [5, 5.41) is 0. The second-order valence-corrected chi connectivity index (χ2v) is 7.89. The lowest BCUT2D eigenvalue weighted by Gasteiger charge is -2.42. The summed E-state index contributed by atoms with van der Waals surface area (Å²) in [4.78, 5) is 0. The Morgan fingerprint density at radius 1 is 1.37 bits per heavy atom. The maximum absolute atomic E-state index is 12.3. The van der Waals surface area contributed by atoms with Crippen molar-refractivity contribution in [2.45, 2.75) is 44.6 Å². The first kappa shape index (κ1) is 15.2. The molecule has 0 spiro atoms. The van der Waals surface area contributed by atoms with Gasteiger partial charge in [-0.3, -0.25) is 0 Å². The fourth-order valence-electron chi connectivity index (χ4n) is 3.29. The van der Waals surface area contributed by atoms with Crippen LogP contribution in [0.5, 0.6) is 0 Å². The molecule has 2 fully saturated rings. The van der Waals surface area contributed by atoms with Crippen molar-refractivity contribution >= 4 is 10.0 Å². The second-order valence-electron chi connectivity index (χ2n) is 6.12. The molecule has 1 saturated carbocycles. The van der Waals surface area contributed by atoms with Gasteiger partial charge in [0.1, 0.15) is 0 Å². The minimum Gasteiger partial charge on any atom is -0.381 e. The molecule has 0 bridgehead atoms. The van der Waals surface area contributed by atoms with Gasteiger partial charge in [0.2, 0.25) is 10.0 Å². The predicted octanol–water partition coefficient (Wildman–Crippen LogP) is 0.850. The highest BCUT2D eigenvalue weighted by atomic mass is 32.2. The Morgan fingerprint density at radius 3 is 2.74 bits per heavy atom. The molecule has 19 heavy (non-hydrogen) atoms. The van der Waals surface area contributed by atoms with Crippen LogP contribution in [0.3, 0.4) is 0 Å². The van der Waals surface area contributed by atoms with Crippen LogP contribution in [-0.4, -0.2) is 39.5 Å². The summed E-state index contributed by atoms with van der Waals surface area (Å²) in [5.74, 6) is 0.605. The maximum Gasteiger partial charge on any atom is 0.212 e. The molecule has 5 nitrogen and oxygen atoms in total. The number of hydrogen-bond donors (Lipinski definition) is 2. The van der Waals surface area contributed by atoms with Gasteiger partial charge in [-0.25, -0.2) is 13.1 Å². The lowest BCUT2D eigenvalue weighted by molar-refractivity contribution is 0.186. The first-order chi connectivity index (χ1) is 8.97. The van der Waals surface area contributed by atoms with Crippen molar-refractivity contribution in [1.82, 2.24) is 4.72 Å². The van der Waals surface area contributed by atoms with Crippen LogP contribution in [0.2, 0.25) is 0 Å². The predicted molar refractivity (Wildman–Crippen MR) is 75.3 cm³/mol. The monoisotopic (exact) mass is 290 g/mol. The van der Waals surface area contributed by atoms with E-state index in [1.54, 1.807) is 0 Å². The fraction of sp³-hybridized carbons (Fsp3) is 1.00. The summed E-state index contributed by atoms with van der Waals surface area (Å²) in [6.07, 6.45) is 4.96. The van der Waals surface area contributed by atoms with Crippen molar-refractivity contribution in [3.63, 3.8) is 0 Å². The summed E-state index contributed by atoms with van der Waals surface area (Å²) in [5.41, 5.74) is 5.46. The van der Waals surface area contributed by atoms with Crippen molar-refractivity contribution < 1.29 is 13.2 Å². The maximum atomic E-state index is 12.3. The third kappa shape index (κ3) is 3.68. The van der Waals surface area contributed by atoms with Crippen LogP contribution in [0.4, 0.5) is 0 Å². The molecule has 2 rings (SSSR count). The van der Waals surface area contributed by atoms with Gasteiger partial charge >= 0.3 is 0 Å². The smallest absolute Gasteiger partial charge is 0.212 e. The molecule has 0 amide bonds.